The van der Waals surface area contributed by atoms with Gasteiger partial charge in [-0.3, -0.25) is 9.59 Å². The molecule has 1 atom stereocenters. The van der Waals surface area contributed by atoms with Gasteiger partial charge in [0, 0.05) is 18.5 Å². The molecule has 1 aromatic carbocycles. The minimum absolute atomic E-state index is 0.0151. The lowest BCUT2D eigenvalue weighted by Gasteiger charge is -2.10. The maximum absolute atomic E-state index is 11.7. The number of carboxylic acids is 1. The molecule has 0 bridgehead atoms. The lowest BCUT2D eigenvalue weighted by molar-refractivity contribution is -0.138. The van der Waals surface area contributed by atoms with Crippen LogP contribution >= 0.6 is 0 Å². The van der Waals surface area contributed by atoms with E-state index in [0.717, 1.165) is 11.3 Å². The van der Waals surface area contributed by atoms with Gasteiger partial charge in [-0.15, -0.1) is 0 Å². The Morgan fingerprint density at radius 3 is 2.53 bits per heavy atom. The van der Waals surface area contributed by atoms with Gasteiger partial charge < -0.3 is 10.4 Å². The highest BCUT2D eigenvalue weighted by molar-refractivity contribution is 5.91. The van der Waals surface area contributed by atoms with Crippen molar-refractivity contribution < 1.29 is 14.7 Å². The van der Waals surface area contributed by atoms with Gasteiger partial charge in [-0.25, -0.2) is 0 Å². The minimum atomic E-state index is -0.874. The number of aliphatic carboxylic acids is 1. The number of hydrogen-bond donors (Lipinski definition) is 2. The largest absolute Gasteiger partial charge is 0.481 e. The lowest BCUT2D eigenvalue weighted by Crippen LogP contribution is -2.17. The highest BCUT2D eigenvalue weighted by Gasteiger charge is 2.13. The number of nitrogens with one attached hydrogen (secondary N) is 1. The van der Waals surface area contributed by atoms with Crippen LogP contribution < -0.4 is 5.32 Å². The summed E-state index contributed by atoms with van der Waals surface area (Å²) < 4.78 is 0. The Labute approximate surface area is 101 Å². The molecular formula is C13H17NO3. The highest BCUT2D eigenvalue weighted by atomic mass is 16.4. The van der Waals surface area contributed by atoms with Crippen LogP contribution in [-0.2, 0) is 9.59 Å². The van der Waals surface area contributed by atoms with Crippen LogP contribution in [0.2, 0.25) is 0 Å². The van der Waals surface area contributed by atoms with Crippen LogP contribution in [0.4, 0.5) is 5.69 Å². The molecule has 0 saturated heterocycles. The summed E-state index contributed by atoms with van der Waals surface area (Å²) in [6.45, 7) is 3.67. The molecule has 1 amide bonds. The number of para-hydroxylation sites is 1. The average Bonchev–Trinajstić information content (AvgIpc) is 2.19. The molecule has 1 aromatic rings. The van der Waals surface area contributed by atoms with Gasteiger partial charge in [0.25, 0.3) is 0 Å². The van der Waals surface area contributed by atoms with Crippen LogP contribution in [0, 0.1) is 12.8 Å². The van der Waals surface area contributed by atoms with Crippen molar-refractivity contribution in [2.45, 2.75) is 26.7 Å². The van der Waals surface area contributed by atoms with Crippen molar-refractivity contribution in [2.75, 3.05) is 5.32 Å². The average molecular weight is 235 g/mol. The Morgan fingerprint density at radius 1 is 1.29 bits per heavy atom. The van der Waals surface area contributed by atoms with Crippen molar-refractivity contribution in [1.29, 1.82) is 0 Å². The molecule has 0 heterocycles. The Balaban J connectivity index is 2.50. The van der Waals surface area contributed by atoms with Crippen molar-refractivity contribution in [3.63, 3.8) is 0 Å². The second-order valence-corrected chi connectivity index (χ2v) is 4.27. The first-order valence-electron chi connectivity index (χ1n) is 5.56. The second kappa shape index (κ2) is 6.03. The topological polar surface area (TPSA) is 66.4 Å². The highest BCUT2D eigenvalue weighted by Crippen LogP contribution is 2.15. The Morgan fingerprint density at radius 2 is 1.94 bits per heavy atom. The third-order valence-electron chi connectivity index (χ3n) is 2.48. The van der Waals surface area contributed by atoms with E-state index in [2.05, 4.69) is 5.32 Å². The van der Waals surface area contributed by atoms with Gasteiger partial charge in [0.15, 0.2) is 0 Å². The molecule has 4 heteroatoms. The number of carboxylic acid groups (broad SMARTS) is 1. The zero-order chi connectivity index (χ0) is 12.8. The Bertz CT molecular complexity index is 415. The second-order valence-electron chi connectivity index (χ2n) is 4.27. The first kappa shape index (κ1) is 13.2. The monoisotopic (exact) mass is 235 g/mol. The maximum atomic E-state index is 11.7. The standard InChI is InChI=1S/C13H17NO3/c1-9(8-13(16)17)7-12(15)14-11-6-4-3-5-10(11)2/h3-6,9H,7-8H2,1-2H3,(H,14,15)(H,16,17). The third kappa shape index (κ3) is 4.68. The molecule has 1 rings (SSSR count). The normalized spacial score (nSPS) is 11.9. The van der Waals surface area contributed by atoms with E-state index in [0.29, 0.717) is 0 Å². The van der Waals surface area contributed by atoms with Gasteiger partial charge in [0.05, 0.1) is 0 Å². The third-order valence-corrected chi connectivity index (χ3v) is 2.48. The molecule has 0 aliphatic carbocycles. The number of carbonyl (C=O) groups is 2. The van der Waals surface area contributed by atoms with E-state index < -0.39 is 5.97 Å². The van der Waals surface area contributed by atoms with Crippen LogP contribution in [0.25, 0.3) is 0 Å². The molecule has 0 aliphatic heterocycles. The van der Waals surface area contributed by atoms with E-state index >= 15 is 0 Å². The van der Waals surface area contributed by atoms with Crippen LogP contribution in [0.15, 0.2) is 24.3 Å². The van der Waals surface area contributed by atoms with E-state index in [-0.39, 0.29) is 24.7 Å². The molecule has 0 aromatic heterocycles. The molecular weight excluding hydrogens is 218 g/mol. The predicted molar refractivity (Wildman–Crippen MR) is 65.8 cm³/mol. The molecule has 1 unspecified atom stereocenters. The summed E-state index contributed by atoms with van der Waals surface area (Å²) in [5, 5.41) is 11.4. The number of benzene rings is 1. The van der Waals surface area contributed by atoms with E-state index in [9.17, 15) is 9.59 Å². The Hall–Kier alpha value is -1.84. The van der Waals surface area contributed by atoms with Crippen LogP contribution in [0.5, 0.6) is 0 Å². The summed E-state index contributed by atoms with van der Waals surface area (Å²) in [5.74, 6) is -1.18. The summed E-state index contributed by atoms with van der Waals surface area (Å²) in [6.07, 6.45) is 0.238. The summed E-state index contributed by atoms with van der Waals surface area (Å²) in [5.41, 5.74) is 1.77. The first-order chi connectivity index (χ1) is 7.99. The fraction of sp³-hybridized carbons (Fsp3) is 0.385. The first-order valence-corrected chi connectivity index (χ1v) is 5.56. The summed E-state index contributed by atoms with van der Waals surface area (Å²) in [4.78, 5) is 22.1. The maximum Gasteiger partial charge on any atom is 0.303 e. The van der Waals surface area contributed by atoms with Crippen molar-refractivity contribution >= 4 is 17.6 Å². The molecule has 0 aliphatic rings. The SMILES string of the molecule is Cc1ccccc1NC(=O)CC(C)CC(=O)O. The Kier molecular flexibility index (Phi) is 4.69. The number of aryl methyl sites for hydroxylation is 1. The van der Waals surface area contributed by atoms with E-state index in [1.165, 1.54) is 0 Å². The van der Waals surface area contributed by atoms with Crippen LogP contribution in [0.3, 0.4) is 0 Å². The molecule has 0 fully saturated rings. The quantitative estimate of drug-likeness (QED) is 0.823. The molecule has 2 N–H and O–H groups in total. The molecule has 4 nitrogen and oxygen atoms in total. The van der Waals surface area contributed by atoms with Crippen molar-refractivity contribution in [3.8, 4) is 0 Å². The number of rotatable bonds is 5. The van der Waals surface area contributed by atoms with Crippen molar-refractivity contribution in [3.05, 3.63) is 29.8 Å². The summed E-state index contributed by atoms with van der Waals surface area (Å²) in [6, 6.07) is 7.49. The zero-order valence-electron chi connectivity index (χ0n) is 10.1. The fourth-order valence-electron chi connectivity index (χ4n) is 1.60. The van der Waals surface area contributed by atoms with Crippen LogP contribution in [-0.4, -0.2) is 17.0 Å². The zero-order valence-corrected chi connectivity index (χ0v) is 10.1. The number of amides is 1. The number of hydrogen-bond acceptors (Lipinski definition) is 2. The molecule has 17 heavy (non-hydrogen) atoms. The summed E-state index contributed by atoms with van der Waals surface area (Å²) >= 11 is 0. The van der Waals surface area contributed by atoms with Gasteiger partial charge in [0.2, 0.25) is 5.91 Å². The fourth-order valence-corrected chi connectivity index (χ4v) is 1.60. The summed E-state index contributed by atoms with van der Waals surface area (Å²) in [7, 11) is 0. The van der Waals surface area contributed by atoms with Gasteiger partial charge >= 0.3 is 5.97 Å². The van der Waals surface area contributed by atoms with Gasteiger partial charge in [-0.1, -0.05) is 25.1 Å². The number of carbonyl (C=O) groups excluding carboxylic acids is 1. The molecule has 92 valence electrons. The van der Waals surface area contributed by atoms with E-state index in [1.54, 1.807) is 6.92 Å². The van der Waals surface area contributed by atoms with Crippen molar-refractivity contribution in [2.24, 2.45) is 5.92 Å². The molecule has 0 radical (unpaired) electrons. The minimum Gasteiger partial charge on any atom is -0.481 e. The van der Waals surface area contributed by atoms with Crippen molar-refractivity contribution in [1.82, 2.24) is 0 Å². The van der Waals surface area contributed by atoms with Gasteiger partial charge in [0.1, 0.15) is 0 Å². The van der Waals surface area contributed by atoms with Gasteiger partial charge in [-0.05, 0) is 24.5 Å². The van der Waals surface area contributed by atoms with Gasteiger partial charge in [-0.2, -0.15) is 0 Å². The lowest BCUT2D eigenvalue weighted by atomic mass is 10.0. The predicted octanol–water partition coefficient (Wildman–Crippen LogP) is 2.43. The van der Waals surface area contributed by atoms with Crippen LogP contribution in [0.1, 0.15) is 25.3 Å². The number of anilines is 1. The molecule has 0 saturated carbocycles. The molecule has 0 spiro atoms. The smallest absolute Gasteiger partial charge is 0.303 e. The van der Waals surface area contributed by atoms with E-state index in [4.69, 9.17) is 5.11 Å². The van der Waals surface area contributed by atoms with E-state index in [1.807, 2.05) is 31.2 Å².